The van der Waals surface area contributed by atoms with Crippen molar-refractivity contribution in [2.45, 2.75) is 31.6 Å². The predicted octanol–water partition coefficient (Wildman–Crippen LogP) is 2.37. The minimum Gasteiger partial charge on any atom is -0.384 e. The summed E-state index contributed by atoms with van der Waals surface area (Å²) in [6.07, 6.45) is 6.49. The van der Waals surface area contributed by atoms with Crippen molar-refractivity contribution in [1.29, 1.82) is 0 Å². The Morgan fingerprint density at radius 2 is 2.12 bits per heavy atom. The second kappa shape index (κ2) is 4.16. The maximum Gasteiger partial charge on any atom is 0.258 e. The highest BCUT2D eigenvalue weighted by atomic mass is 16.5. The molecule has 3 rings (SSSR count). The van der Waals surface area contributed by atoms with E-state index < -0.39 is 0 Å². The summed E-state index contributed by atoms with van der Waals surface area (Å²) in [5.41, 5.74) is 6.45. The summed E-state index contributed by atoms with van der Waals surface area (Å²) < 4.78 is 5.27. The largest absolute Gasteiger partial charge is 0.384 e. The Morgan fingerprint density at radius 1 is 1.29 bits per heavy atom. The van der Waals surface area contributed by atoms with E-state index in [2.05, 4.69) is 15.1 Å². The normalized spacial score (nSPS) is 16.5. The average Bonchev–Trinajstić information content (AvgIpc) is 3.00. The second-order valence-electron chi connectivity index (χ2n) is 4.41. The maximum atomic E-state index is 5.62. The molecular weight excluding hydrogens is 216 g/mol. The van der Waals surface area contributed by atoms with Gasteiger partial charge in [0, 0.05) is 17.7 Å². The lowest BCUT2D eigenvalue weighted by atomic mass is 10.1. The van der Waals surface area contributed by atoms with Crippen molar-refractivity contribution in [3.05, 3.63) is 24.2 Å². The molecule has 1 saturated carbocycles. The number of nitrogen functional groups attached to an aromatic ring is 1. The Bertz CT molecular complexity index is 517. The zero-order valence-electron chi connectivity index (χ0n) is 9.47. The van der Waals surface area contributed by atoms with Gasteiger partial charge in [0.2, 0.25) is 0 Å². The van der Waals surface area contributed by atoms with Crippen LogP contribution in [0.25, 0.3) is 11.5 Å². The van der Waals surface area contributed by atoms with Gasteiger partial charge in [-0.3, -0.25) is 0 Å². The zero-order valence-corrected chi connectivity index (χ0v) is 9.47. The van der Waals surface area contributed by atoms with Gasteiger partial charge in [-0.25, -0.2) is 4.98 Å². The summed E-state index contributed by atoms with van der Waals surface area (Å²) in [5, 5.41) is 4.06. The monoisotopic (exact) mass is 230 g/mol. The van der Waals surface area contributed by atoms with Gasteiger partial charge in [0.25, 0.3) is 5.89 Å². The lowest BCUT2D eigenvalue weighted by molar-refractivity contribution is 0.416. The quantitative estimate of drug-likeness (QED) is 0.856. The third-order valence-electron chi connectivity index (χ3n) is 3.19. The zero-order chi connectivity index (χ0) is 11.7. The van der Waals surface area contributed by atoms with E-state index in [9.17, 15) is 0 Å². The molecule has 1 aliphatic rings. The fourth-order valence-corrected chi connectivity index (χ4v) is 2.28. The van der Waals surface area contributed by atoms with E-state index in [-0.39, 0.29) is 0 Å². The van der Waals surface area contributed by atoms with Gasteiger partial charge in [-0.15, -0.1) is 0 Å². The van der Waals surface area contributed by atoms with Gasteiger partial charge in [-0.05, 0) is 25.0 Å². The van der Waals surface area contributed by atoms with Gasteiger partial charge >= 0.3 is 0 Å². The van der Waals surface area contributed by atoms with Crippen molar-refractivity contribution in [3.8, 4) is 11.5 Å². The fraction of sp³-hybridized carbons (Fsp3) is 0.417. The average molecular weight is 230 g/mol. The molecule has 0 radical (unpaired) electrons. The number of aromatic nitrogens is 3. The van der Waals surface area contributed by atoms with Gasteiger partial charge in [0.15, 0.2) is 5.82 Å². The van der Waals surface area contributed by atoms with Crippen molar-refractivity contribution in [3.63, 3.8) is 0 Å². The summed E-state index contributed by atoms with van der Waals surface area (Å²) in [5.74, 6) is 2.28. The van der Waals surface area contributed by atoms with Crippen LogP contribution in [0.1, 0.15) is 37.4 Å². The summed E-state index contributed by atoms with van der Waals surface area (Å²) >= 11 is 0. The van der Waals surface area contributed by atoms with E-state index in [0.717, 1.165) is 24.2 Å². The molecule has 0 aromatic carbocycles. The van der Waals surface area contributed by atoms with E-state index in [1.807, 2.05) is 6.07 Å². The molecule has 0 spiro atoms. The number of pyridine rings is 1. The molecule has 1 aliphatic carbocycles. The Morgan fingerprint density at radius 3 is 2.88 bits per heavy atom. The molecular formula is C12H14N4O. The van der Waals surface area contributed by atoms with Crippen molar-refractivity contribution in [2.24, 2.45) is 0 Å². The SMILES string of the molecule is Nc1cc(-c2nc(C3CCCC3)no2)ccn1. The van der Waals surface area contributed by atoms with Crippen molar-refractivity contribution >= 4 is 5.82 Å². The van der Waals surface area contributed by atoms with Crippen LogP contribution in [-0.4, -0.2) is 15.1 Å². The van der Waals surface area contributed by atoms with Crippen LogP contribution < -0.4 is 5.73 Å². The number of hydrogen-bond acceptors (Lipinski definition) is 5. The van der Waals surface area contributed by atoms with E-state index in [1.165, 1.54) is 12.8 Å². The summed E-state index contributed by atoms with van der Waals surface area (Å²) in [6, 6.07) is 3.56. The van der Waals surface area contributed by atoms with Gasteiger partial charge < -0.3 is 10.3 Å². The molecule has 0 amide bonds. The Hall–Kier alpha value is -1.91. The Kier molecular flexibility index (Phi) is 2.51. The Balaban J connectivity index is 1.89. The number of anilines is 1. The molecule has 17 heavy (non-hydrogen) atoms. The standard InChI is InChI=1S/C12H14N4O/c13-10-7-9(5-6-14-10)12-15-11(16-17-12)8-3-1-2-4-8/h5-8H,1-4H2,(H2,13,14). The first kappa shape index (κ1) is 10.3. The third-order valence-corrected chi connectivity index (χ3v) is 3.19. The van der Waals surface area contributed by atoms with Crippen molar-refractivity contribution < 1.29 is 4.52 Å². The van der Waals surface area contributed by atoms with Crippen LogP contribution in [0.2, 0.25) is 0 Å². The topological polar surface area (TPSA) is 77.8 Å². The first-order valence-electron chi connectivity index (χ1n) is 5.88. The number of nitrogens with zero attached hydrogens (tertiary/aromatic N) is 3. The second-order valence-corrected chi connectivity index (χ2v) is 4.41. The number of hydrogen-bond donors (Lipinski definition) is 1. The van der Waals surface area contributed by atoms with Crippen LogP contribution in [0.3, 0.4) is 0 Å². The van der Waals surface area contributed by atoms with Gasteiger partial charge in [0.1, 0.15) is 5.82 Å². The van der Waals surface area contributed by atoms with Gasteiger partial charge in [0.05, 0.1) is 0 Å². The summed E-state index contributed by atoms with van der Waals surface area (Å²) in [4.78, 5) is 8.38. The van der Waals surface area contributed by atoms with Gasteiger partial charge in [-0.2, -0.15) is 4.98 Å². The predicted molar refractivity (Wildman–Crippen MR) is 63.2 cm³/mol. The number of nitrogens with two attached hydrogens (primary N) is 1. The molecule has 5 heteroatoms. The molecule has 0 saturated heterocycles. The highest BCUT2D eigenvalue weighted by Gasteiger charge is 2.22. The molecule has 0 unspecified atom stereocenters. The first-order chi connectivity index (χ1) is 8.33. The summed E-state index contributed by atoms with van der Waals surface area (Å²) in [7, 11) is 0. The molecule has 5 nitrogen and oxygen atoms in total. The van der Waals surface area contributed by atoms with Gasteiger partial charge in [-0.1, -0.05) is 18.0 Å². The van der Waals surface area contributed by atoms with Crippen LogP contribution in [0.4, 0.5) is 5.82 Å². The van der Waals surface area contributed by atoms with E-state index in [1.54, 1.807) is 12.3 Å². The van der Waals surface area contributed by atoms with E-state index in [4.69, 9.17) is 10.3 Å². The lowest BCUT2D eigenvalue weighted by Crippen LogP contribution is -1.94. The molecule has 0 atom stereocenters. The minimum absolute atomic E-state index is 0.461. The highest BCUT2D eigenvalue weighted by Crippen LogP contribution is 2.33. The maximum absolute atomic E-state index is 5.62. The molecule has 88 valence electrons. The fourth-order valence-electron chi connectivity index (χ4n) is 2.28. The van der Waals surface area contributed by atoms with Crippen LogP contribution in [0.5, 0.6) is 0 Å². The molecule has 0 bridgehead atoms. The minimum atomic E-state index is 0.461. The lowest BCUT2D eigenvalue weighted by Gasteiger charge is -1.99. The van der Waals surface area contributed by atoms with Crippen molar-refractivity contribution in [2.75, 3.05) is 5.73 Å². The summed E-state index contributed by atoms with van der Waals surface area (Å²) in [6.45, 7) is 0. The highest BCUT2D eigenvalue weighted by molar-refractivity contribution is 5.56. The van der Waals surface area contributed by atoms with E-state index >= 15 is 0 Å². The smallest absolute Gasteiger partial charge is 0.258 e. The first-order valence-corrected chi connectivity index (χ1v) is 5.88. The molecule has 2 aromatic heterocycles. The van der Waals surface area contributed by atoms with E-state index in [0.29, 0.717) is 17.6 Å². The van der Waals surface area contributed by atoms with Crippen LogP contribution in [0, 0.1) is 0 Å². The van der Waals surface area contributed by atoms with Crippen LogP contribution in [0.15, 0.2) is 22.9 Å². The molecule has 2 heterocycles. The molecule has 1 fully saturated rings. The molecule has 0 aliphatic heterocycles. The third kappa shape index (κ3) is 2.00. The van der Waals surface area contributed by atoms with Crippen LogP contribution >= 0.6 is 0 Å². The van der Waals surface area contributed by atoms with Crippen molar-refractivity contribution in [1.82, 2.24) is 15.1 Å². The molecule has 2 aromatic rings. The number of rotatable bonds is 2. The Labute approximate surface area is 99.1 Å². The van der Waals surface area contributed by atoms with Crippen LogP contribution in [-0.2, 0) is 0 Å². The molecule has 2 N–H and O–H groups in total.